The predicted molar refractivity (Wildman–Crippen MR) is 78.8 cm³/mol. The van der Waals surface area contributed by atoms with Crippen molar-refractivity contribution in [2.24, 2.45) is 0 Å². The van der Waals surface area contributed by atoms with Crippen LogP contribution < -0.4 is 4.90 Å². The Hall–Kier alpha value is -2.35. The maximum atomic E-state index is 11.7. The van der Waals surface area contributed by atoms with Gasteiger partial charge in [-0.3, -0.25) is 4.79 Å². The average Bonchev–Trinajstić information content (AvgIpc) is 2.79. The zero-order chi connectivity index (χ0) is 13.2. The lowest BCUT2D eigenvalue weighted by Crippen LogP contribution is -2.25. The van der Waals surface area contributed by atoms with Crippen molar-refractivity contribution in [1.29, 1.82) is 0 Å². The number of rotatable bonds is 1. The third-order valence-electron chi connectivity index (χ3n) is 3.39. The lowest BCUT2D eigenvalue weighted by atomic mass is 10.0. The van der Waals surface area contributed by atoms with Crippen LogP contribution in [0.25, 0.3) is 11.6 Å². The number of anilines is 1. The zero-order valence-corrected chi connectivity index (χ0v) is 10.8. The Bertz CT molecular complexity index is 643. The number of para-hydroxylation sites is 1. The molecule has 0 aromatic heterocycles. The average molecular weight is 249 g/mol. The van der Waals surface area contributed by atoms with E-state index in [4.69, 9.17) is 0 Å². The third kappa shape index (κ3) is 2.17. The molecule has 0 N–H and O–H groups in total. The summed E-state index contributed by atoms with van der Waals surface area (Å²) < 4.78 is 0. The van der Waals surface area contributed by atoms with Crippen LogP contribution in [0.3, 0.4) is 0 Å². The van der Waals surface area contributed by atoms with Gasteiger partial charge >= 0.3 is 0 Å². The topological polar surface area (TPSA) is 20.3 Å². The van der Waals surface area contributed by atoms with Gasteiger partial charge in [0.05, 0.1) is 12.2 Å². The molecule has 0 fully saturated rings. The quantitative estimate of drug-likeness (QED) is 0.756. The molecule has 0 spiro atoms. The number of carbonyl (C=O) groups is 1. The van der Waals surface area contributed by atoms with Gasteiger partial charge < -0.3 is 4.90 Å². The van der Waals surface area contributed by atoms with Gasteiger partial charge in [-0.05, 0) is 23.3 Å². The molecule has 2 aromatic carbocycles. The molecular formula is C17H15NO. The highest BCUT2D eigenvalue weighted by molar-refractivity contribution is 6.04. The number of carbonyl (C=O) groups excluding carboxylic acids is 1. The van der Waals surface area contributed by atoms with E-state index >= 15 is 0 Å². The van der Waals surface area contributed by atoms with E-state index in [2.05, 4.69) is 24.3 Å². The molecule has 0 saturated carbocycles. The number of fused-ring (bicyclic) bond motifs is 1. The van der Waals surface area contributed by atoms with Crippen molar-refractivity contribution in [1.82, 2.24) is 0 Å². The second-order valence-corrected chi connectivity index (χ2v) is 4.70. The van der Waals surface area contributed by atoms with Crippen LogP contribution in [0.5, 0.6) is 0 Å². The summed E-state index contributed by atoms with van der Waals surface area (Å²) in [4.78, 5) is 13.5. The lowest BCUT2D eigenvalue weighted by molar-refractivity contribution is -0.116. The Morgan fingerprint density at radius 3 is 2.47 bits per heavy atom. The summed E-state index contributed by atoms with van der Waals surface area (Å²) in [7, 11) is 0. The minimum Gasteiger partial charge on any atom is -0.308 e. The second kappa shape index (κ2) is 4.73. The first-order chi connectivity index (χ1) is 9.25. The fraction of sp³-hybridized carbons (Fsp3) is 0.118. The van der Waals surface area contributed by atoms with E-state index in [1.165, 1.54) is 5.57 Å². The van der Waals surface area contributed by atoms with Gasteiger partial charge in [0.15, 0.2) is 0 Å². The van der Waals surface area contributed by atoms with Crippen molar-refractivity contribution in [2.75, 3.05) is 11.4 Å². The van der Waals surface area contributed by atoms with Crippen molar-refractivity contribution in [3.63, 3.8) is 0 Å². The van der Waals surface area contributed by atoms with Crippen molar-refractivity contribution < 1.29 is 4.79 Å². The van der Waals surface area contributed by atoms with Gasteiger partial charge in [0.2, 0.25) is 5.91 Å². The molecule has 1 amide bonds. The standard InChI is InChI=1S/C17H15NO/c1-13(19)18-12-15(11-14-7-3-2-4-8-14)16-9-5-6-10-17(16)18/h2-11H,12H2,1H3/b15-11-. The highest BCUT2D eigenvalue weighted by Crippen LogP contribution is 2.36. The number of amides is 1. The Morgan fingerprint density at radius 2 is 1.74 bits per heavy atom. The summed E-state index contributed by atoms with van der Waals surface area (Å²) >= 11 is 0. The van der Waals surface area contributed by atoms with Crippen LogP contribution in [-0.2, 0) is 4.79 Å². The molecule has 1 aliphatic rings. The highest BCUT2D eigenvalue weighted by atomic mass is 16.2. The fourth-order valence-corrected chi connectivity index (χ4v) is 2.48. The van der Waals surface area contributed by atoms with Crippen LogP contribution in [0.15, 0.2) is 54.6 Å². The number of hydrogen-bond donors (Lipinski definition) is 0. The molecule has 94 valence electrons. The van der Waals surface area contributed by atoms with Gasteiger partial charge in [-0.15, -0.1) is 0 Å². The Morgan fingerprint density at radius 1 is 1.05 bits per heavy atom. The molecule has 19 heavy (non-hydrogen) atoms. The first-order valence-electron chi connectivity index (χ1n) is 6.39. The summed E-state index contributed by atoms with van der Waals surface area (Å²) in [5, 5.41) is 0. The van der Waals surface area contributed by atoms with Gasteiger partial charge in [-0.25, -0.2) is 0 Å². The summed E-state index contributed by atoms with van der Waals surface area (Å²) in [5.41, 5.74) is 4.52. The van der Waals surface area contributed by atoms with E-state index < -0.39 is 0 Å². The molecule has 0 unspecified atom stereocenters. The van der Waals surface area contributed by atoms with E-state index in [0.29, 0.717) is 6.54 Å². The molecule has 0 aliphatic carbocycles. The van der Waals surface area contributed by atoms with Gasteiger partial charge in [-0.2, -0.15) is 0 Å². The number of nitrogens with zero attached hydrogens (tertiary/aromatic N) is 1. The van der Waals surface area contributed by atoms with Crippen LogP contribution in [0, 0.1) is 0 Å². The first-order valence-corrected chi connectivity index (χ1v) is 6.39. The fourth-order valence-electron chi connectivity index (χ4n) is 2.48. The van der Waals surface area contributed by atoms with Gasteiger partial charge in [-0.1, -0.05) is 48.5 Å². The summed E-state index contributed by atoms with van der Waals surface area (Å²) in [5.74, 6) is 0.0870. The molecule has 1 aliphatic heterocycles. The van der Waals surface area contributed by atoms with Gasteiger partial charge in [0.25, 0.3) is 0 Å². The van der Waals surface area contributed by atoms with Crippen molar-refractivity contribution >= 4 is 23.2 Å². The molecule has 3 rings (SSSR count). The van der Waals surface area contributed by atoms with E-state index in [9.17, 15) is 4.79 Å². The highest BCUT2D eigenvalue weighted by Gasteiger charge is 2.25. The normalized spacial score (nSPS) is 15.6. The SMILES string of the molecule is CC(=O)N1C/C(=C/c2ccccc2)c2ccccc21. The smallest absolute Gasteiger partial charge is 0.224 e. The first kappa shape index (κ1) is 11.7. The largest absolute Gasteiger partial charge is 0.308 e. The van der Waals surface area contributed by atoms with Crippen LogP contribution in [0.4, 0.5) is 5.69 Å². The number of hydrogen-bond acceptors (Lipinski definition) is 1. The van der Waals surface area contributed by atoms with Crippen molar-refractivity contribution in [3.05, 3.63) is 65.7 Å². The summed E-state index contributed by atoms with van der Waals surface area (Å²) in [6, 6.07) is 18.3. The minimum atomic E-state index is 0.0870. The Labute approximate surface area is 113 Å². The maximum absolute atomic E-state index is 11.7. The summed E-state index contributed by atoms with van der Waals surface area (Å²) in [6.07, 6.45) is 2.15. The van der Waals surface area contributed by atoms with Crippen LogP contribution in [0.2, 0.25) is 0 Å². The molecule has 1 heterocycles. The van der Waals surface area contributed by atoms with E-state index in [0.717, 1.165) is 16.8 Å². The van der Waals surface area contributed by atoms with Crippen LogP contribution in [0.1, 0.15) is 18.1 Å². The third-order valence-corrected chi connectivity index (χ3v) is 3.39. The lowest BCUT2D eigenvalue weighted by Gasteiger charge is -2.13. The molecule has 2 heteroatoms. The zero-order valence-electron chi connectivity index (χ0n) is 10.8. The maximum Gasteiger partial charge on any atom is 0.224 e. The van der Waals surface area contributed by atoms with E-state index in [-0.39, 0.29) is 5.91 Å². The molecular weight excluding hydrogens is 234 g/mol. The summed E-state index contributed by atoms with van der Waals surface area (Å²) in [6.45, 7) is 2.27. The predicted octanol–water partition coefficient (Wildman–Crippen LogP) is 3.59. The molecule has 0 atom stereocenters. The van der Waals surface area contributed by atoms with Gasteiger partial charge in [0.1, 0.15) is 0 Å². The molecule has 2 nitrogen and oxygen atoms in total. The van der Waals surface area contributed by atoms with Crippen LogP contribution >= 0.6 is 0 Å². The molecule has 0 saturated heterocycles. The Balaban J connectivity index is 2.06. The number of benzene rings is 2. The van der Waals surface area contributed by atoms with Crippen LogP contribution in [-0.4, -0.2) is 12.5 Å². The molecule has 0 radical (unpaired) electrons. The minimum absolute atomic E-state index is 0.0870. The monoisotopic (exact) mass is 249 g/mol. The molecule has 2 aromatic rings. The van der Waals surface area contributed by atoms with Crippen molar-refractivity contribution in [3.8, 4) is 0 Å². The Kier molecular flexibility index (Phi) is 2.92. The van der Waals surface area contributed by atoms with E-state index in [1.54, 1.807) is 6.92 Å². The van der Waals surface area contributed by atoms with E-state index in [1.807, 2.05) is 41.3 Å². The second-order valence-electron chi connectivity index (χ2n) is 4.70. The van der Waals surface area contributed by atoms with Gasteiger partial charge in [0, 0.05) is 12.5 Å². The van der Waals surface area contributed by atoms with Crippen molar-refractivity contribution in [2.45, 2.75) is 6.92 Å². The molecule has 0 bridgehead atoms.